The van der Waals surface area contributed by atoms with E-state index in [4.69, 9.17) is 9.72 Å². The van der Waals surface area contributed by atoms with Crippen molar-refractivity contribution in [1.29, 1.82) is 0 Å². The lowest BCUT2D eigenvalue weighted by molar-refractivity contribution is 0.0731. The number of esters is 1. The molecule has 0 aliphatic heterocycles. The summed E-state index contributed by atoms with van der Waals surface area (Å²) in [5, 5.41) is 9.54. The Hall–Kier alpha value is -4.76. The van der Waals surface area contributed by atoms with Crippen molar-refractivity contribution in [3.63, 3.8) is 0 Å². The van der Waals surface area contributed by atoms with Gasteiger partial charge in [0.1, 0.15) is 0 Å². The average Bonchev–Trinajstić information content (AvgIpc) is 2.92. The van der Waals surface area contributed by atoms with Crippen LogP contribution in [0.4, 0.5) is 0 Å². The van der Waals surface area contributed by atoms with E-state index in [9.17, 15) is 4.79 Å². The summed E-state index contributed by atoms with van der Waals surface area (Å²) >= 11 is 0. The molecule has 3 heteroatoms. The van der Waals surface area contributed by atoms with E-state index in [0.717, 1.165) is 54.0 Å². The van der Waals surface area contributed by atoms with Crippen LogP contribution in [0.1, 0.15) is 10.4 Å². The van der Waals surface area contributed by atoms with E-state index in [0.29, 0.717) is 11.4 Å². The number of benzene rings is 6. The smallest absolute Gasteiger partial charge is 0.344 e. The summed E-state index contributed by atoms with van der Waals surface area (Å²) in [6.45, 7) is 0. The van der Waals surface area contributed by atoms with Gasteiger partial charge in [0.25, 0.3) is 0 Å². The number of hydrogen-bond donors (Lipinski definition) is 0. The van der Waals surface area contributed by atoms with Gasteiger partial charge in [-0.25, -0.2) is 9.78 Å². The van der Waals surface area contributed by atoms with Crippen molar-refractivity contribution >= 4 is 60.0 Å². The number of pyridine rings is 1. The minimum atomic E-state index is -0.419. The van der Waals surface area contributed by atoms with Crippen molar-refractivity contribution in [3.8, 4) is 5.88 Å². The molecule has 0 aliphatic rings. The van der Waals surface area contributed by atoms with Gasteiger partial charge in [-0.1, -0.05) is 91.0 Å². The van der Waals surface area contributed by atoms with E-state index in [2.05, 4.69) is 36.4 Å². The molecule has 6 aromatic carbocycles. The Morgan fingerprint density at radius 2 is 1.14 bits per heavy atom. The van der Waals surface area contributed by atoms with Gasteiger partial charge < -0.3 is 4.74 Å². The van der Waals surface area contributed by atoms with Crippen molar-refractivity contribution in [2.75, 3.05) is 0 Å². The molecule has 7 aromatic rings. The fourth-order valence-corrected chi connectivity index (χ4v) is 5.05. The molecule has 1 heterocycles. The highest BCUT2D eigenvalue weighted by Gasteiger charge is 2.18. The molecule has 0 saturated heterocycles. The first-order valence-corrected chi connectivity index (χ1v) is 11.6. The predicted molar refractivity (Wildman–Crippen MR) is 143 cm³/mol. The summed E-state index contributed by atoms with van der Waals surface area (Å²) < 4.78 is 5.98. The van der Waals surface area contributed by atoms with E-state index >= 15 is 0 Å². The van der Waals surface area contributed by atoms with Gasteiger partial charge >= 0.3 is 5.97 Å². The molecule has 0 amide bonds. The van der Waals surface area contributed by atoms with Crippen LogP contribution in [-0.2, 0) is 0 Å². The van der Waals surface area contributed by atoms with Crippen LogP contribution < -0.4 is 4.74 Å². The first kappa shape index (κ1) is 19.7. The van der Waals surface area contributed by atoms with Gasteiger partial charge in [-0.05, 0) is 56.6 Å². The second kappa shape index (κ2) is 7.64. The first-order chi connectivity index (χ1) is 17.3. The summed E-state index contributed by atoms with van der Waals surface area (Å²) in [6, 6.07) is 38.3. The van der Waals surface area contributed by atoms with Crippen LogP contribution in [0.15, 0.2) is 115 Å². The molecule has 7 rings (SSSR count). The highest BCUT2D eigenvalue weighted by atomic mass is 16.5. The van der Waals surface area contributed by atoms with Gasteiger partial charge in [-0.2, -0.15) is 0 Å². The van der Waals surface area contributed by atoms with E-state index in [1.165, 1.54) is 0 Å². The predicted octanol–water partition coefficient (Wildman–Crippen LogP) is 8.07. The largest absolute Gasteiger partial charge is 0.403 e. The molecule has 164 valence electrons. The van der Waals surface area contributed by atoms with Gasteiger partial charge in [0.05, 0.1) is 11.1 Å². The minimum Gasteiger partial charge on any atom is -0.403 e. The molecular formula is C32H19NO2. The molecule has 0 unspecified atom stereocenters. The summed E-state index contributed by atoms with van der Waals surface area (Å²) in [4.78, 5) is 18.1. The van der Waals surface area contributed by atoms with Crippen LogP contribution in [0.3, 0.4) is 0 Å². The molecule has 0 aliphatic carbocycles. The van der Waals surface area contributed by atoms with Crippen LogP contribution >= 0.6 is 0 Å². The maximum absolute atomic E-state index is 13.3. The van der Waals surface area contributed by atoms with Gasteiger partial charge in [-0.3, -0.25) is 0 Å². The normalized spacial score (nSPS) is 11.5. The molecule has 0 radical (unpaired) electrons. The second-order valence-electron chi connectivity index (χ2n) is 8.76. The number of aromatic nitrogens is 1. The van der Waals surface area contributed by atoms with Crippen LogP contribution in [0.5, 0.6) is 5.88 Å². The van der Waals surface area contributed by atoms with Crippen molar-refractivity contribution in [2.45, 2.75) is 0 Å². The number of nitrogens with zero attached hydrogens (tertiary/aromatic N) is 1. The molecule has 0 saturated carbocycles. The fraction of sp³-hybridized carbons (Fsp3) is 0. The van der Waals surface area contributed by atoms with Crippen LogP contribution in [0, 0.1) is 0 Å². The lowest BCUT2D eigenvalue weighted by atomic mass is 9.95. The SMILES string of the molecule is O=C(Oc1nc2ccc3ccccc3c2c2c1ccc1ccccc12)c1ccc2ccccc2c1. The summed E-state index contributed by atoms with van der Waals surface area (Å²) in [5.74, 6) is -0.0930. The number of hydrogen-bond acceptors (Lipinski definition) is 3. The van der Waals surface area contributed by atoms with Crippen molar-refractivity contribution in [1.82, 2.24) is 4.98 Å². The van der Waals surface area contributed by atoms with Crippen molar-refractivity contribution in [2.24, 2.45) is 0 Å². The van der Waals surface area contributed by atoms with E-state index in [1.54, 1.807) is 6.07 Å². The Kier molecular flexibility index (Phi) is 4.30. The number of carbonyl (C=O) groups is 1. The van der Waals surface area contributed by atoms with E-state index in [1.807, 2.05) is 72.8 Å². The molecule has 0 bridgehead atoms. The molecule has 0 fully saturated rings. The second-order valence-corrected chi connectivity index (χ2v) is 8.76. The van der Waals surface area contributed by atoms with Gasteiger partial charge in [0.15, 0.2) is 0 Å². The van der Waals surface area contributed by atoms with E-state index < -0.39 is 5.97 Å². The van der Waals surface area contributed by atoms with E-state index in [-0.39, 0.29) is 0 Å². The Labute approximate surface area is 201 Å². The number of ether oxygens (including phenoxy) is 1. The van der Waals surface area contributed by atoms with Crippen LogP contribution in [-0.4, -0.2) is 11.0 Å². The molecule has 35 heavy (non-hydrogen) atoms. The maximum Gasteiger partial charge on any atom is 0.344 e. The Morgan fingerprint density at radius 3 is 1.91 bits per heavy atom. The molecule has 0 atom stereocenters. The minimum absolute atomic E-state index is 0.326. The molecule has 0 spiro atoms. The van der Waals surface area contributed by atoms with Crippen molar-refractivity contribution in [3.05, 3.63) is 121 Å². The summed E-state index contributed by atoms with van der Waals surface area (Å²) in [6.07, 6.45) is 0. The zero-order valence-electron chi connectivity index (χ0n) is 18.7. The Morgan fingerprint density at radius 1 is 0.543 bits per heavy atom. The molecule has 0 N–H and O–H groups in total. The highest BCUT2D eigenvalue weighted by molar-refractivity contribution is 6.27. The Balaban J connectivity index is 1.49. The third kappa shape index (κ3) is 3.13. The number of rotatable bonds is 2. The van der Waals surface area contributed by atoms with Crippen LogP contribution in [0.25, 0.3) is 54.0 Å². The molecule has 3 nitrogen and oxygen atoms in total. The quantitative estimate of drug-likeness (QED) is 0.198. The van der Waals surface area contributed by atoms with Gasteiger partial charge in [0.2, 0.25) is 5.88 Å². The van der Waals surface area contributed by atoms with Crippen LogP contribution in [0.2, 0.25) is 0 Å². The monoisotopic (exact) mass is 449 g/mol. The van der Waals surface area contributed by atoms with Crippen molar-refractivity contribution < 1.29 is 9.53 Å². The third-order valence-electron chi connectivity index (χ3n) is 6.71. The molecule has 1 aromatic heterocycles. The zero-order valence-corrected chi connectivity index (χ0v) is 18.7. The van der Waals surface area contributed by atoms with Gasteiger partial charge in [0, 0.05) is 16.2 Å². The van der Waals surface area contributed by atoms with Gasteiger partial charge in [-0.15, -0.1) is 0 Å². The number of fused-ring (bicyclic) bond motifs is 8. The summed E-state index contributed by atoms with van der Waals surface area (Å²) in [5.41, 5.74) is 1.30. The maximum atomic E-state index is 13.3. The molecular weight excluding hydrogens is 430 g/mol. The zero-order chi connectivity index (χ0) is 23.4. The third-order valence-corrected chi connectivity index (χ3v) is 6.71. The highest BCUT2D eigenvalue weighted by Crippen LogP contribution is 2.39. The topological polar surface area (TPSA) is 39.2 Å². The Bertz CT molecular complexity index is 1960. The lowest BCUT2D eigenvalue weighted by Crippen LogP contribution is -2.10. The number of carbonyl (C=O) groups excluding carboxylic acids is 1. The fourth-order valence-electron chi connectivity index (χ4n) is 5.05. The standard InChI is InChI=1S/C32H19NO2/c34-32(24-14-13-20-7-1-2-10-23(20)19-24)35-31-27-17-15-21-8-3-5-11-25(21)29(27)30-26-12-6-4-9-22(26)16-18-28(30)33-31/h1-19H. The average molecular weight is 450 g/mol. The lowest BCUT2D eigenvalue weighted by Gasteiger charge is -2.14. The summed E-state index contributed by atoms with van der Waals surface area (Å²) in [7, 11) is 0. The first-order valence-electron chi connectivity index (χ1n) is 11.6.